The van der Waals surface area contributed by atoms with Gasteiger partial charge in [0, 0.05) is 33.9 Å². The van der Waals surface area contributed by atoms with Crippen LogP contribution >= 0.6 is 23.4 Å². The zero-order chi connectivity index (χ0) is 28.7. The first kappa shape index (κ1) is 26.3. The van der Waals surface area contributed by atoms with Crippen molar-refractivity contribution in [3.8, 4) is 0 Å². The number of fused-ring (bicyclic) bond motifs is 2. The van der Waals surface area contributed by atoms with Crippen molar-refractivity contribution in [1.82, 2.24) is 0 Å². The third kappa shape index (κ3) is 4.40. The lowest BCUT2D eigenvalue weighted by Gasteiger charge is -2.47. The first-order chi connectivity index (χ1) is 20.5. The van der Waals surface area contributed by atoms with Gasteiger partial charge in [-0.3, -0.25) is 10.1 Å². The second kappa shape index (κ2) is 10.6. The Kier molecular flexibility index (Phi) is 6.64. The summed E-state index contributed by atoms with van der Waals surface area (Å²) in [6, 6.07) is 35.0. The highest BCUT2D eigenvalue weighted by Crippen LogP contribution is 2.55. The maximum absolute atomic E-state index is 11.4. The highest BCUT2D eigenvalue weighted by Gasteiger charge is 2.55. The molecule has 2 heterocycles. The summed E-state index contributed by atoms with van der Waals surface area (Å²) in [4.78, 5) is 10.0. The van der Waals surface area contributed by atoms with E-state index in [0.717, 1.165) is 62.3 Å². The zero-order valence-electron chi connectivity index (χ0n) is 22.3. The number of para-hydroxylation sites is 2. The lowest BCUT2D eigenvalue weighted by molar-refractivity contribution is -0.384. The van der Waals surface area contributed by atoms with Gasteiger partial charge in [0.2, 0.25) is 4.99 Å². The first-order valence-electron chi connectivity index (χ1n) is 13.5. The van der Waals surface area contributed by atoms with E-state index in [1.54, 1.807) is 23.9 Å². The second-order valence-corrected chi connectivity index (χ2v) is 11.7. The highest BCUT2D eigenvalue weighted by atomic mass is 35.5. The first-order valence-corrected chi connectivity index (χ1v) is 14.7. The Bertz CT molecular complexity index is 1810. The van der Waals surface area contributed by atoms with Gasteiger partial charge in [-0.05, 0) is 72.7 Å². The zero-order valence-corrected chi connectivity index (χ0v) is 23.9. The van der Waals surface area contributed by atoms with Crippen LogP contribution in [-0.4, -0.2) is 15.7 Å². The fourth-order valence-corrected chi connectivity index (χ4v) is 7.02. The Morgan fingerprint density at radius 2 is 1.38 bits per heavy atom. The van der Waals surface area contributed by atoms with E-state index in [4.69, 9.17) is 21.8 Å². The molecule has 4 aromatic rings. The van der Waals surface area contributed by atoms with Crippen molar-refractivity contribution >= 4 is 51.2 Å². The summed E-state index contributed by atoms with van der Waals surface area (Å²) in [5, 5.41) is 27.6. The molecule has 9 heteroatoms. The van der Waals surface area contributed by atoms with E-state index in [1.807, 2.05) is 71.7 Å². The minimum atomic E-state index is -0.928. The van der Waals surface area contributed by atoms with Gasteiger partial charge in [-0.25, -0.2) is 10.0 Å². The minimum Gasteiger partial charge on any atom is -0.258 e. The summed E-state index contributed by atoms with van der Waals surface area (Å²) < 4.78 is 0. The van der Waals surface area contributed by atoms with Crippen molar-refractivity contribution in [2.45, 2.75) is 17.8 Å². The standard InChI is InChI=1S/C33H24ClN5O2S/c34-25-19-15-23(16-20-25)31-29-13-7-8-14-30(29)33(37(35-31)26-9-3-1-4-10-26)38(27-11-5-2-6-12-27)36-32(42-33)24-17-21-28(22-18-24)39(40)41/h1-15,17-19,21-22H,16,20H2/t33-/m0/s1. The van der Waals surface area contributed by atoms with E-state index in [2.05, 4.69) is 35.4 Å². The van der Waals surface area contributed by atoms with Crippen LogP contribution < -0.4 is 10.0 Å². The number of hydrogen-bond acceptors (Lipinski definition) is 7. The van der Waals surface area contributed by atoms with Crippen molar-refractivity contribution in [1.29, 1.82) is 0 Å². The number of allylic oxidation sites excluding steroid dienone is 4. The van der Waals surface area contributed by atoms with Crippen molar-refractivity contribution in [3.63, 3.8) is 0 Å². The number of nitrogens with zero attached hydrogens (tertiary/aromatic N) is 5. The lowest BCUT2D eigenvalue weighted by Crippen LogP contribution is -2.54. The largest absolute Gasteiger partial charge is 0.269 e. The van der Waals surface area contributed by atoms with E-state index < -0.39 is 9.92 Å². The third-order valence-electron chi connectivity index (χ3n) is 7.47. The quantitative estimate of drug-likeness (QED) is 0.173. The summed E-state index contributed by atoms with van der Waals surface area (Å²) >= 11 is 7.91. The van der Waals surface area contributed by atoms with Gasteiger partial charge >= 0.3 is 0 Å². The molecule has 4 aromatic carbocycles. The Hall–Kier alpha value is -4.66. The maximum atomic E-state index is 11.4. The van der Waals surface area contributed by atoms with Gasteiger partial charge in [-0.2, -0.15) is 10.2 Å². The van der Waals surface area contributed by atoms with E-state index >= 15 is 0 Å². The fraction of sp³-hybridized carbons (Fsp3) is 0.0909. The van der Waals surface area contributed by atoms with Crippen LogP contribution in [0.5, 0.6) is 0 Å². The van der Waals surface area contributed by atoms with Crippen LogP contribution in [0.2, 0.25) is 0 Å². The molecule has 0 saturated carbocycles. The SMILES string of the molecule is O=[N+]([O-])c1ccc(C2=NN(c3ccccc3)[C@]3(S2)c2ccccc2C(C2=CC=C(Cl)CC2)=NN3c2ccccc2)cc1. The average molecular weight is 590 g/mol. The van der Waals surface area contributed by atoms with E-state index in [-0.39, 0.29) is 5.69 Å². The van der Waals surface area contributed by atoms with Crippen LogP contribution in [0.25, 0.3) is 0 Å². The van der Waals surface area contributed by atoms with E-state index in [1.165, 1.54) is 12.1 Å². The molecular weight excluding hydrogens is 566 g/mol. The lowest BCUT2D eigenvalue weighted by atomic mass is 9.90. The topological polar surface area (TPSA) is 74.3 Å². The molecule has 7 rings (SSSR count). The van der Waals surface area contributed by atoms with Crippen LogP contribution in [0.3, 0.4) is 0 Å². The number of benzene rings is 4. The predicted octanol–water partition coefficient (Wildman–Crippen LogP) is 8.39. The van der Waals surface area contributed by atoms with Crippen LogP contribution in [0.4, 0.5) is 17.1 Å². The molecule has 1 aliphatic carbocycles. The fourth-order valence-electron chi connectivity index (χ4n) is 5.46. The average Bonchev–Trinajstić information content (AvgIpc) is 3.44. The number of anilines is 2. The molecule has 0 aromatic heterocycles. The molecule has 0 saturated heterocycles. The molecule has 0 bridgehead atoms. The van der Waals surface area contributed by atoms with Crippen LogP contribution in [0, 0.1) is 10.1 Å². The van der Waals surface area contributed by atoms with Gasteiger partial charge in [0.15, 0.2) is 0 Å². The van der Waals surface area contributed by atoms with Crippen LogP contribution in [-0.2, 0) is 4.99 Å². The van der Waals surface area contributed by atoms with Crippen molar-refractivity contribution in [2.24, 2.45) is 10.2 Å². The number of thioether (sulfide) groups is 1. The molecule has 42 heavy (non-hydrogen) atoms. The van der Waals surface area contributed by atoms with Gasteiger partial charge in [-0.1, -0.05) is 78.3 Å². The molecule has 1 atom stereocenters. The molecule has 7 nitrogen and oxygen atoms in total. The summed E-state index contributed by atoms with van der Waals surface area (Å²) in [7, 11) is 0. The molecule has 0 fully saturated rings. The number of nitro groups is 1. The Morgan fingerprint density at radius 1 is 0.762 bits per heavy atom. The Labute approximate surface area is 252 Å². The molecule has 206 valence electrons. The smallest absolute Gasteiger partial charge is 0.258 e. The minimum absolute atomic E-state index is 0.0371. The Balaban J connectivity index is 1.47. The Morgan fingerprint density at radius 3 is 2.00 bits per heavy atom. The maximum Gasteiger partial charge on any atom is 0.269 e. The molecule has 0 unspecified atom stereocenters. The second-order valence-electron chi connectivity index (χ2n) is 10.0. The molecule has 2 aliphatic heterocycles. The predicted molar refractivity (Wildman–Crippen MR) is 171 cm³/mol. The number of nitro benzene ring substituents is 1. The van der Waals surface area contributed by atoms with E-state index in [9.17, 15) is 10.1 Å². The van der Waals surface area contributed by atoms with Crippen molar-refractivity contribution < 1.29 is 4.92 Å². The molecule has 3 aliphatic rings. The molecule has 0 N–H and O–H groups in total. The molecular formula is C33H24ClN5O2S. The number of hydrazone groups is 2. The number of non-ortho nitro benzene ring substituents is 1. The molecule has 1 spiro atoms. The van der Waals surface area contributed by atoms with Crippen molar-refractivity contribution in [2.75, 3.05) is 10.0 Å². The third-order valence-corrected chi connectivity index (χ3v) is 9.14. The molecule has 0 radical (unpaired) electrons. The van der Waals surface area contributed by atoms with E-state index in [0.29, 0.717) is 0 Å². The van der Waals surface area contributed by atoms with Gasteiger partial charge < -0.3 is 0 Å². The van der Waals surface area contributed by atoms with Gasteiger partial charge in [0.25, 0.3) is 5.69 Å². The van der Waals surface area contributed by atoms with Gasteiger partial charge in [-0.15, -0.1) is 0 Å². The summed E-state index contributed by atoms with van der Waals surface area (Å²) in [6.45, 7) is 0. The van der Waals surface area contributed by atoms with Gasteiger partial charge in [0.1, 0.15) is 5.04 Å². The number of halogens is 1. The van der Waals surface area contributed by atoms with Crippen LogP contribution in [0.15, 0.2) is 142 Å². The van der Waals surface area contributed by atoms with Gasteiger partial charge in [0.05, 0.1) is 22.0 Å². The summed E-state index contributed by atoms with van der Waals surface area (Å²) in [6.07, 6.45) is 5.58. The normalized spacial score (nSPS) is 19.5. The van der Waals surface area contributed by atoms with Crippen LogP contribution in [0.1, 0.15) is 29.5 Å². The highest BCUT2D eigenvalue weighted by molar-refractivity contribution is 8.15. The summed E-state index contributed by atoms with van der Waals surface area (Å²) in [5.41, 5.74) is 6.71. The van der Waals surface area contributed by atoms with Crippen molar-refractivity contribution in [3.05, 3.63) is 159 Å². The summed E-state index contributed by atoms with van der Waals surface area (Å²) in [5.74, 6) is 0. The monoisotopic (exact) mass is 589 g/mol. The molecule has 0 amide bonds. The number of rotatable bonds is 5. The number of hydrogen-bond donors (Lipinski definition) is 0.